The minimum Gasteiger partial charge on any atom is -0.497 e. The third-order valence-corrected chi connectivity index (χ3v) is 3.28. The lowest BCUT2D eigenvalue weighted by atomic mass is 10.1. The number of H-pyrrole nitrogens is 1. The molecule has 2 aromatic carbocycles. The summed E-state index contributed by atoms with van der Waals surface area (Å²) in [4.78, 5) is 3.39. The van der Waals surface area contributed by atoms with Crippen molar-refractivity contribution in [1.82, 2.24) is 4.98 Å². The number of hydrogen-bond donors (Lipinski definition) is 1. The standard InChI is InChI=1S/C17H15NO/c1-12(13-6-4-3-5-7-13)16-10-14-8-9-15(19-2)11-17(14)18-16/h3-11,18H,1H2,2H3. The van der Waals surface area contributed by atoms with Gasteiger partial charge in [0.1, 0.15) is 5.75 Å². The Hall–Kier alpha value is -2.48. The van der Waals surface area contributed by atoms with Crippen LogP contribution in [0.5, 0.6) is 5.75 Å². The molecule has 0 saturated heterocycles. The van der Waals surface area contributed by atoms with E-state index < -0.39 is 0 Å². The van der Waals surface area contributed by atoms with Crippen molar-refractivity contribution in [2.45, 2.75) is 0 Å². The van der Waals surface area contributed by atoms with Gasteiger partial charge in [0.05, 0.1) is 7.11 Å². The van der Waals surface area contributed by atoms with E-state index in [1.807, 2.05) is 36.4 Å². The lowest BCUT2D eigenvalue weighted by Crippen LogP contribution is -1.85. The van der Waals surface area contributed by atoms with Crippen molar-refractivity contribution < 1.29 is 4.74 Å². The molecule has 19 heavy (non-hydrogen) atoms. The summed E-state index contributed by atoms with van der Waals surface area (Å²) < 4.78 is 5.23. The molecule has 0 amide bonds. The first-order valence-electron chi connectivity index (χ1n) is 6.19. The number of ether oxygens (including phenoxy) is 1. The summed E-state index contributed by atoms with van der Waals surface area (Å²) in [5, 5.41) is 1.16. The van der Waals surface area contributed by atoms with Crippen LogP contribution in [0.25, 0.3) is 16.5 Å². The average Bonchev–Trinajstić information content (AvgIpc) is 2.90. The lowest BCUT2D eigenvalue weighted by Gasteiger charge is -2.02. The maximum absolute atomic E-state index is 5.23. The predicted molar refractivity (Wildman–Crippen MR) is 79.4 cm³/mol. The first-order chi connectivity index (χ1) is 9.28. The Morgan fingerprint density at radius 1 is 1.05 bits per heavy atom. The fourth-order valence-corrected chi connectivity index (χ4v) is 2.19. The van der Waals surface area contributed by atoms with E-state index in [0.29, 0.717) is 0 Å². The van der Waals surface area contributed by atoms with Gasteiger partial charge in [-0.15, -0.1) is 0 Å². The third-order valence-electron chi connectivity index (χ3n) is 3.28. The first kappa shape index (κ1) is 11.6. The van der Waals surface area contributed by atoms with E-state index in [0.717, 1.165) is 33.5 Å². The van der Waals surface area contributed by atoms with Crippen molar-refractivity contribution >= 4 is 16.5 Å². The van der Waals surface area contributed by atoms with Crippen LogP contribution in [0.1, 0.15) is 11.3 Å². The Kier molecular flexibility index (Phi) is 2.84. The van der Waals surface area contributed by atoms with Crippen molar-refractivity contribution in [2.24, 2.45) is 0 Å². The van der Waals surface area contributed by atoms with Gasteiger partial charge < -0.3 is 9.72 Å². The van der Waals surface area contributed by atoms with Gasteiger partial charge in [-0.05, 0) is 29.3 Å². The monoisotopic (exact) mass is 249 g/mol. The number of nitrogens with one attached hydrogen (secondary N) is 1. The van der Waals surface area contributed by atoms with Crippen molar-refractivity contribution in [3.8, 4) is 5.75 Å². The number of rotatable bonds is 3. The largest absolute Gasteiger partial charge is 0.497 e. The van der Waals surface area contributed by atoms with Gasteiger partial charge in [0.25, 0.3) is 0 Å². The molecule has 0 aliphatic carbocycles. The van der Waals surface area contributed by atoms with E-state index in [4.69, 9.17) is 4.74 Å². The van der Waals surface area contributed by atoms with Gasteiger partial charge in [0.15, 0.2) is 0 Å². The van der Waals surface area contributed by atoms with E-state index in [1.165, 1.54) is 0 Å². The minimum absolute atomic E-state index is 0.853. The van der Waals surface area contributed by atoms with E-state index >= 15 is 0 Å². The number of fused-ring (bicyclic) bond motifs is 1. The van der Waals surface area contributed by atoms with Gasteiger partial charge in [-0.2, -0.15) is 0 Å². The molecule has 0 aliphatic rings. The van der Waals surface area contributed by atoms with Crippen LogP contribution in [0.2, 0.25) is 0 Å². The number of aromatic nitrogens is 1. The molecule has 0 bridgehead atoms. The van der Waals surface area contributed by atoms with Crippen LogP contribution < -0.4 is 4.74 Å². The highest BCUT2D eigenvalue weighted by Crippen LogP contribution is 2.26. The van der Waals surface area contributed by atoms with Crippen LogP contribution in [0, 0.1) is 0 Å². The molecule has 0 radical (unpaired) electrons. The zero-order chi connectivity index (χ0) is 13.2. The van der Waals surface area contributed by atoms with Gasteiger partial charge in [-0.3, -0.25) is 0 Å². The molecule has 3 aromatic rings. The van der Waals surface area contributed by atoms with Crippen molar-refractivity contribution in [3.63, 3.8) is 0 Å². The van der Waals surface area contributed by atoms with Crippen LogP contribution >= 0.6 is 0 Å². The second-order valence-electron chi connectivity index (χ2n) is 4.48. The Morgan fingerprint density at radius 3 is 2.58 bits per heavy atom. The quantitative estimate of drug-likeness (QED) is 0.738. The molecule has 0 unspecified atom stereocenters. The van der Waals surface area contributed by atoms with Crippen LogP contribution in [0.3, 0.4) is 0 Å². The number of aromatic amines is 1. The molecule has 0 spiro atoms. The molecular formula is C17H15NO. The lowest BCUT2D eigenvalue weighted by molar-refractivity contribution is 0.415. The van der Waals surface area contributed by atoms with Crippen LogP contribution in [0.15, 0.2) is 61.2 Å². The van der Waals surface area contributed by atoms with Crippen molar-refractivity contribution in [2.75, 3.05) is 7.11 Å². The topological polar surface area (TPSA) is 25.0 Å². The zero-order valence-electron chi connectivity index (χ0n) is 10.8. The predicted octanol–water partition coefficient (Wildman–Crippen LogP) is 4.24. The van der Waals surface area contributed by atoms with Crippen molar-refractivity contribution in [1.29, 1.82) is 0 Å². The smallest absolute Gasteiger partial charge is 0.120 e. The van der Waals surface area contributed by atoms with Gasteiger partial charge in [-0.25, -0.2) is 0 Å². The molecule has 3 rings (SSSR count). The average molecular weight is 249 g/mol. The molecular weight excluding hydrogens is 234 g/mol. The maximum atomic E-state index is 5.23. The van der Waals surface area contributed by atoms with Gasteiger partial charge in [-0.1, -0.05) is 36.9 Å². The summed E-state index contributed by atoms with van der Waals surface area (Å²) in [6.45, 7) is 4.17. The summed E-state index contributed by atoms with van der Waals surface area (Å²) in [7, 11) is 1.67. The number of hydrogen-bond acceptors (Lipinski definition) is 1. The highest BCUT2D eigenvalue weighted by Gasteiger charge is 2.06. The normalized spacial score (nSPS) is 10.6. The second kappa shape index (κ2) is 4.65. The molecule has 0 aliphatic heterocycles. The summed E-state index contributed by atoms with van der Waals surface area (Å²) in [5.41, 5.74) is 4.22. The van der Waals surface area contributed by atoms with E-state index in [-0.39, 0.29) is 0 Å². The molecule has 1 N–H and O–H groups in total. The summed E-state index contributed by atoms with van der Waals surface area (Å²) in [5.74, 6) is 0.853. The van der Waals surface area contributed by atoms with Gasteiger partial charge >= 0.3 is 0 Å². The van der Waals surface area contributed by atoms with Crippen LogP contribution in [-0.2, 0) is 0 Å². The molecule has 1 heterocycles. The number of benzene rings is 2. The fraction of sp³-hybridized carbons (Fsp3) is 0.0588. The molecule has 94 valence electrons. The molecule has 1 aromatic heterocycles. The second-order valence-corrected chi connectivity index (χ2v) is 4.48. The highest BCUT2D eigenvalue weighted by molar-refractivity contribution is 5.88. The first-order valence-corrected chi connectivity index (χ1v) is 6.19. The minimum atomic E-state index is 0.853. The van der Waals surface area contributed by atoms with Gasteiger partial charge in [0, 0.05) is 22.7 Å². The Morgan fingerprint density at radius 2 is 1.84 bits per heavy atom. The van der Waals surface area contributed by atoms with E-state index in [9.17, 15) is 0 Å². The molecule has 0 saturated carbocycles. The van der Waals surface area contributed by atoms with E-state index in [1.54, 1.807) is 7.11 Å². The molecule has 0 atom stereocenters. The Bertz CT molecular complexity index is 725. The molecule has 2 nitrogen and oxygen atoms in total. The summed E-state index contributed by atoms with van der Waals surface area (Å²) in [6.07, 6.45) is 0. The number of methoxy groups -OCH3 is 1. The summed E-state index contributed by atoms with van der Waals surface area (Å²) >= 11 is 0. The molecule has 2 heteroatoms. The Labute approximate surface area is 112 Å². The Balaban J connectivity index is 2.04. The third kappa shape index (κ3) is 2.13. The van der Waals surface area contributed by atoms with Gasteiger partial charge in [0.2, 0.25) is 0 Å². The van der Waals surface area contributed by atoms with Crippen molar-refractivity contribution in [3.05, 3.63) is 72.4 Å². The van der Waals surface area contributed by atoms with Crippen LogP contribution in [-0.4, -0.2) is 12.1 Å². The SMILES string of the molecule is C=C(c1ccccc1)c1cc2ccc(OC)cc2[nH]1. The highest BCUT2D eigenvalue weighted by atomic mass is 16.5. The fourth-order valence-electron chi connectivity index (χ4n) is 2.19. The van der Waals surface area contributed by atoms with Crippen LogP contribution in [0.4, 0.5) is 0 Å². The zero-order valence-corrected chi connectivity index (χ0v) is 10.8. The maximum Gasteiger partial charge on any atom is 0.120 e. The van der Waals surface area contributed by atoms with E-state index in [2.05, 4.69) is 29.8 Å². The summed E-state index contributed by atoms with van der Waals surface area (Å²) in [6, 6.07) is 18.3. The molecule has 0 fully saturated rings.